The number of urea groups is 1. The molecule has 0 radical (unpaired) electrons. The number of carbonyl (C=O) groups excluding carboxylic acids is 2. The highest BCUT2D eigenvalue weighted by Crippen LogP contribution is 2.27. The van der Waals surface area contributed by atoms with Crippen molar-refractivity contribution in [3.05, 3.63) is 71.3 Å². The first kappa shape index (κ1) is 18.7. The fourth-order valence-corrected chi connectivity index (χ4v) is 3.09. The Balaban J connectivity index is 1.87. The molecule has 27 heavy (non-hydrogen) atoms. The van der Waals surface area contributed by atoms with Crippen LogP contribution in [0.15, 0.2) is 64.4 Å². The smallest absolute Gasteiger partial charge is 0.338 e. The number of nitrogens with two attached hydrogens (primary N) is 1. The highest BCUT2D eigenvalue weighted by Gasteiger charge is 2.36. The van der Waals surface area contributed by atoms with Crippen molar-refractivity contribution in [3.63, 3.8) is 0 Å². The van der Waals surface area contributed by atoms with E-state index in [-0.39, 0.29) is 18.7 Å². The first-order valence-corrected chi connectivity index (χ1v) is 8.99. The van der Waals surface area contributed by atoms with Crippen LogP contribution in [0.25, 0.3) is 0 Å². The molecule has 0 saturated heterocycles. The standard InChI is InChI=1S/C20H23N3O4/c1-3-26-19(24)17-15(12-21-13(2)14-8-5-4-6-9-14)22-20(25)23-18(17)16-10-7-11-27-16/h4-11,13,18,21H,3,12H2,1-2H3,(H2,22,23,25)/p+1/t13-,18+/m1/s1. The Morgan fingerprint density at radius 3 is 2.70 bits per heavy atom. The maximum Gasteiger partial charge on any atom is 0.338 e. The van der Waals surface area contributed by atoms with E-state index in [9.17, 15) is 9.59 Å². The average Bonchev–Trinajstić information content (AvgIpc) is 3.21. The number of quaternary nitrogens is 1. The molecule has 1 aliphatic heterocycles. The van der Waals surface area contributed by atoms with Crippen molar-refractivity contribution >= 4 is 12.0 Å². The van der Waals surface area contributed by atoms with Crippen LogP contribution in [-0.4, -0.2) is 25.2 Å². The Hall–Kier alpha value is -3.06. The molecule has 0 fully saturated rings. The van der Waals surface area contributed by atoms with Gasteiger partial charge in [-0.3, -0.25) is 0 Å². The van der Waals surface area contributed by atoms with Gasteiger partial charge in [0.1, 0.15) is 24.4 Å². The number of hydrogen-bond acceptors (Lipinski definition) is 4. The molecule has 0 aliphatic carbocycles. The molecule has 3 rings (SSSR count). The fraction of sp³-hybridized carbons (Fsp3) is 0.300. The summed E-state index contributed by atoms with van der Waals surface area (Å²) >= 11 is 0. The lowest BCUT2D eigenvalue weighted by molar-refractivity contribution is -0.686. The van der Waals surface area contributed by atoms with Gasteiger partial charge in [-0.25, -0.2) is 9.59 Å². The molecular weight excluding hydrogens is 346 g/mol. The van der Waals surface area contributed by atoms with Gasteiger partial charge in [0.2, 0.25) is 0 Å². The Kier molecular flexibility index (Phi) is 5.93. The Bertz CT molecular complexity index is 815. The van der Waals surface area contributed by atoms with Gasteiger partial charge in [-0.05, 0) is 26.0 Å². The Labute approximate surface area is 157 Å². The van der Waals surface area contributed by atoms with E-state index < -0.39 is 12.0 Å². The van der Waals surface area contributed by atoms with E-state index >= 15 is 0 Å². The second kappa shape index (κ2) is 8.55. The molecule has 1 aromatic carbocycles. The van der Waals surface area contributed by atoms with E-state index in [2.05, 4.69) is 35.0 Å². The van der Waals surface area contributed by atoms with Crippen LogP contribution < -0.4 is 16.0 Å². The zero-order valence-corrected chi connectivity index (χ0v) is 15.4. The lowest BCUT2D eigenvalue weighted by Crippen LogP contribution is -2.86. The number of benzene rings is 1. The largest absolute Gasteiger partial charge is 0.467 e. The van der Waals surface area contributed by atoms with E-state index in [4.69, 9.17) is 9.15 Å². The van der Waals surface area contributed by atoms with Crippen LogP contribution in [0.5, 0.6) is 0 Å². The zero-order valence-electron chi connectivity index (χ0n) is 15.4. The van der Waals surface area contributed by atoms with Crippen LogP contribution in [0, 0.1) is 0 Å². The normalized spacial score (nSPS) is 17.9. The van der Waals surface area contributed by atoms with Crippen molar-refractivity contribution in [2.45, 2.75) is 25.9 Å². The second-order valence-corrected chi connectivity index (χ2v) is 6.30. The van der Waals surface area contributed by atoms with Gasteiger partial charge in [-0.15, -0.1) is 0 Å². The number of carbonyl (C=O) groups is 2. The lowest BCUT2D eigenvalue weighted by Gasteiger charge is -2.27. The number of ether oxygens (including phenoxy) is 1. The van der Waals surface area contributed by atoms with E-state index in [1.807, 2.05) is 18.2 Å². The topological polar surface area (TPSA) is 97.2 Å². The Morgan fingerprint density at radius 2 is 2.04 bits per heavy atom. The van der Waals surface area contributed by atoms with Crippen molar-refractivity contribution in [2.24, 2.45) is 0 Å². The number of nitrogens with one attached hydrogen (secondary N) is 2. The fourth-order valence-electron chi connectivity index (χ4n) is 3.09. The first-order chi connectivity index (χ1) is 13.1. The van der Waals surface area contributed by atoms with E-state index in [0.717, 1.165) is 0 Å². The van der Waals surface area contributed by atoms with Gasteiger partial charge in [0.25, 0.3) is 0 Å². The quantitative estimate of drug-likeness (QED) is 0.647. The van der Waals surface area contributed by atoms with Gasteiger partial charge < -0.3 is 25.1 Å². The summed E-state index contributed by atoms with van der Waals surface area (Å²) in [6, 6.07) is 12.6. The summed E-state index contributed by atoms with van der Waals surface area (Å²) in [5.41, 5.74) is 2.06. The first-order valence-electron chi connectivity index (χ1n) is 8.99. The van der Waals surface area contributed by atoms with Crippen LogP contribution in [-0.2, 0) is 9.53 Å². The third-order valence-corrected chi connectivity index (χ3v) is 4.48. The van der Waals surface area contributed by atoms with Gasteiger partial charge in [0.05, 0.1) is 24.1 Å². The third kappa shape index (κ3) is 4.38. The van der Waals surface area contributed by atoms with Crippen molar-refractivity contribution in [3.8, 4) is 0 Å². The number of amides is 2. The van der Waals surface area contributed by atoms with Gasteiger partial charge in [0.15, 0.2) is 0 Å². The van der Waals surface area contributed by atoms with Crippen molar-refractivity contribution in [1.29, 1.82) is 0 Å². The molecule has 7 nitrogen and oxygen atoms in total. The summed E-state index contributed by atoms with van der Waals surface area (Å²) in [5, 5.41) is 7.57. The molecule has 0 saturated carbocycles. The lowest BCUT2D eigenvalue weighted by atomic mass is 9.99. The molecule has 2 heterocycles. The molecular formula is C20H24N3O4+. The average molecular weight is 370 g/mol. The molecule has 2 amide bonds. The molecule has 0 unspecified atom stereocenters. The molecule has 142 valence electrons. The van der Waals surface area contributed by atoms with Crippen LogP contribution in [0.2, 0.25) is 0 Å². The number of furan rings is 1. The summed E-state index contributed by atoms with van der Waals surface area (Å²) in [6.45, 7) is 4.50. The minimum Gasteiger partial charge on any atom is -0.467 e. The SMILES string of the molecule is CCOC(=O)C1=C(C[NH2+][C@H](C)c2ccccc2)NC(=O)N[C@H]1c1ccco1. The minimum absolute atomic E-state index is 0.163. The van der Waals surface area contributed by atoms with Crippen LogP contribution in [0.4, 0.5) is 4.79 Å². The molecule has 7 heteroatoms. The third-order valence-electron chi connectivity index (χ3n) is 4.48. The van der Waals surface area contributed by atoms with Gasteiger partial charge in [-0.2, -0.15) is 0 Å². The summed E-state index contributed by atoms with van der Waals surface area (Å²) in [5.74, 6) is 0.0173. The van der Waals surface area contributed by atoms with Gasteiger partial charge in [0, 0.05) is 5.56 Å². The maximum absolute atomic E-state index is 12.6. The summed E-state index contributed by atoms with van der Waals surface area (Å²) in [7, 11) is 0. The molecule has 2 atom stereocenters. The number of hydrogen-bond donors (Lipinski definition) is 3. The molecule has 0 bridgehead atoms. The molecule has 0 spiro atoms. The van der Waals surface area contributed by atoms with Crippen LogP contribution in [0.3, 0.4) is 0 Å². The minimum atomic E-state index is -0.678. The summed E-state index contributed by atoms with van der Waals surface area (Å²) < 4.78 is 10.7. The predicted octanol–water partition coefficient (Wildman–Crippen LogP) is 1.78. The van der Waals surface area contributed by atoms with Crippen molar-refractivity contribution in [1.82, 2.24) is 10.6 Å². The van der Waals surface area contributed by atoms with Crippen molar-refractivity contribution in [2.75, 3.05) is 13.2 Å². The number of rotatable bonds is 7. The van der Waals surface area contributed by atoms with E-state index in [1.165, 1.54) is 11.8 Å². The predicted molar refractivity (Wildman–Crippen MR) is 98.4 cm³/mol. The van der Waals surface area contributed by atoms with Crippen LogP contribution in [0.1, 0.15) is 37.3 Å². The highest BCUT2D eigenvalue weighted by atomic mass is 16.5. The highest BCUT2D eigenvalue weighted by molar-refractivity contribution is 5.95. The maximum atomic E-state index is 12.6. The zero-order chi connectivity index (χ0) is 19.2. The Morgan fingerprint density at radius 1 is 1.26 bits per heavy atom. The summed E-state index contributed by atoms with van der Waals surface area (Å²) in [6.07, 6.45) is 1.51. The molecule has 4 N–H and O–H groups in total. The van der Waals surface area contributed by atoms with Gasteiger partial charge in [-0.1, -0.05) is 30.3 Å². The molecule has 1 aromatic heterocycles. The van der Waals surface area contributed by atoms with Crippen LogP contribution >= 0.6 is 0 Å². The van der Waals surface area contributed by atoms with E-state index in [1.54, 1.807) is 19.1 Å². The number of esters is 1. The monoisotopic (exact) mass is 370 g/mol. The molecule has 1 aliphatic rings. The van der Waals surface area contributed by atoms with Gasteiger partial charge >= 0.3 is 12.0 Å². The van der Waals surface area contributed by atoms with E-state index in [0.29, 0.717) is 23.6 Å². The van der Waals surface area contributed by atoms with Crippen molar-refractivity contribution < 1.29 is 24.1 Å². The second-order valence-electron chi connectivity index (χ2n) is 6.30. The summed E-state index contributed by atoms with van der Waals surface area (Å²) in [4.78, 5) is 24.8. The molecule has 2 aromatic rings.